The lowest BCUT2D eigenvalue weighted by atomic mass is 10.1. The maximum Gasteiger partial charge on any atom is 0.573 e. The molecule has 7 nitrogen and oxygen atoms in total. The average molecular weight is 520 g/mol. The third-order valence-electron chi connectivity index (χ3n) is 4.33. The molecule has 1 heterocycles. The van der Waals surface area contributed by atoms with Crippen LogP contribution in [0.1, 0.15) is 10.4 Å². The van der Waals surface area contributed by atoms with Gasteiger partial charge in [0.25, 0.3) is 5.91 Å². The van der Waals surface area contributed by atoms with E-state index in [2.05, 4.69) is 15.0 Å². The van der Waals surface area contributed by atoms with Crippen molar-refractivity contribution in [3.63, 3.8) is 0 Å². The number of hydrogen-bond acceptors (Lipinski definition) is 5. The highest BCUT2D eigenvalue weighted by molar-refractivity contribution is 6.06. The number of carbonyl (C=O) groups excluding carboxylic acids is 1. The van der Waals surface area contributed by atoms with Crippen molar-refractivity contribution < 1.29 is 41.3 Å². The van der Waals surface area contributed by atoms with E-state index in [1.165, 1.54) is 48.7 Å². The third-order valence-corrected chi connectivity index (χ3v) is 4.33. The number of carbonyl (C=O) groups is 1. The van der Waals surface area contributed by atoms with Gasteiger partial charge in [0, 0.05) is 18.0 Å². The van der Waals surface area contributed by atoms with Gasteiger partial charge < -0.3 is 24.9 Å². The second kappa shape index (κ2) is 11.7. The van der Waals surface area contributed by atoms with Crippen LogP contribution in [-0.4, -0.2) is 22.4 Å². The summed E-state index contributed by atoms with van der Waals surface area (Å²) in [5.41, 5.74) is -0.662. The predicted octanol–water partition coefficient (Wildman–Crippen LogP) is 5.99. The Balaban J connectivity index is 0.000000405. The number of phenols is 1. The highest BCUT2D eigenvalue weighted by atomic mass is 19.4. The molecule has 0 radical (unpaired) electrons. The molecule has 1 amide bonds. The molecule has 0 saturated carbocycles. The van der Waals surface area contributed by atoms with Gasteiger partial charge in [0.2, 0.25) is 5.56 Å². The topological polar surface area (TPSA) is 101 Å². The Bertz CT molecular complexity index is 1380. The fourth-order valence-electron chi connectivity index (χ4n) is 2.76. The normalized spacial score (nSPS) is 10.6. The van der Waals surface area contributed by atoms with Crippen molar-refractivity contribution in [2.45, 2.75) is 6.36 Å². The fourth-order valence-corrected chi connectivity index (χ4v) is 2.76. The van der Waals surface area contributed by atoms with Gasteiger partial charge >= 0.3 is 6.36 Å². The first kappa shape index (κ1) is 26.7. The van der Waals surface area contributed by atoms with Crippen molar-refractivity contribution in [2.24, 2.45) is 0 Å². The summed E-state index contributed by atoms with van der Waals surface area (Å²) in [7, 11) is 0. The summed E-state index contributed by atoms with van der Waals surface area (Å²) in [6.07, 6.45) is -3.67. The first-order valence-corrected chi connectivity index (χ1v) is 10.3. The maximum absolute atomic E-state index is 13.0. The molecule has 0 bridgehead atoms. The Morgan fingerprint density at radius 1 is 0.838 bits per heavy atom. The second-order valence-corrected chi connectivity index (χ2v) is 7.13. The number of aromatic nitrogens is 1. The molecule has 0 aliphatic carbocycles. The summed E-state index contributed by atoms with van der Waals surface area (Å²) in [5.74, 6) is -2.19. The number of rotatable bonds is 5. The Kier molecular flexibility index (Phi) is 8.46. The molecule has 0 atom stereocenters. The van der Waals surface area contributed by atoms with Crippen molar-refractivity contribution in [1.29, 1.82) is 0 Å². The molecule has 12 heteroatoms. The summed E-state index contributed by atoms with van der Waals surface area (Å²) in [6, 6.07) is 15.2. The van der Waals surface area contributed by atoms with Crippen LogP contribution in [0.25, 0.3) is 0 Å². The van der Waals surface area contributed by atoms with E-state index in [-0.39, 0.29) is 34.3 Å². The quantitative estimate of drug-likeness (QED) is 0.281. The minimum absolute atomic E-state index is 0.0893. The molecular weight excluding hydrogens is 503 g/mol. The molecule has 0 spiro atoms. The smallest absolute Gasteiger partial charge is 0.508 e. The highest BCUT2D eigenvalue weighted by Crippen LogP contribution is 2.32. The zero-order valence-corrected chi connectivity index (χ0v) is 18.6. The number of pyridine rings is 1. The number of nitrogens with one attached hydrogen (secondary N) is 2. The number of amides is 1. The van der Waals surface area contributed by atoms with Gasteiger partial charge in [0.05, 0.1) is 5.56 Å². The molecule has 3 aromatic carbocycles. The zero-order chi connectivity index (χ0) is 27.0. The summed E-state index contributed by atoms with van der Waals surface area (Å²) in [6.45, 7) is 0. The van der Waals surface area contributed by atoms with Crippen LogP contribution in [0.4, 0.5) is 27.6 Å². The van der Waals surface area contributed by atoms with Crippen molar-refractivity contribution in [1.82, 2.24) is 4.98 Å². The lowest BCUT2D eigenvalue weighted by molar-refractivity contribution is -0.274. The van der Waals surface area contributed by atoms with Crippen LogP contribution in [0.5, 0.6) is 23.0 Å². The molecule has 0 aliphatic rings. The van der Waals surface area contributed by atoms with Gasteiger partial charge in [-0.25, -0.2) is 8.78 Å². The predicted molar refractivity (Wildman–Crippen MR) is 123 cm³/mol. The summed E-state index contributed by atoms with van der Waals surface area (Å²) < 4.78 is 71.9. The zero-order valence-electron chi connectivity index (χ0n) is 18.6. The van der Waals surface area contributed by atoms with E-state index in [1.54, 1.807) is 0 Å². The van der Waals surface area contributed by atoms with E-state index in [4.69, 9.17) is 9.84 Å². The van der Waals surface area contributed by atoms with Crippen molar-refractivity contribution in [3.05, 3.63) is 113 Å². The number of anilines is 1. The van der Waals surface area contributed by atoms with E-state index < -0.39 is 29.4 Å². The number of aromatic amines is 1. The van der Waals surface area contributed by atoms with E-state index in [1.807, 2.05) is 0 Å². The number of alkyl halides is 3. The van der Waals surface area contributed by atoms with Gasteiger partial charge in [0.15, 0.2) is 0 Å². The van der Waals surface area contributed by atoms with Gasteiger partial charge in [-0.3, -0.25) is 9.59 Å². The van der Waals surface area contributed by atoms with Gasteiger partial charge in [0.1, 0.15) is 34.6 Å². The largest absolute Gasteiger partial charge is 0.573 e. The molecule has 37 heavy (non-hydrogen) atoms. The van der Waals surface area contributed by atoms with Gasteiger partial charge in [-0.05, 0) is 72.8 Å². The molecule has 4 aromatic rings. The fraction of sp³-hybridized carbons (Fsp3) is 0.0400. The van der Waals surface area contributed by atoms with Crippen LogP contribution in [0.2, 0.25) is 0 Å². The molecule has 0 saturated heterocycles. The third kappa shape index (κ3) is 8.69. The Morgan fingerprint density at radius 3 is 2.00 bits per heavy atom. The Labute approximate surface area is 205 Å². The standard InChI is InChI=1S/C19H12F4N2O4.C6H5FO/c20-11-1-3-13(4-2-11)28-16-6-5-14(29-19(21,22)23)10-15(16)18(27)25-12-7-8-24-17(26)9-12;7-5-1-3-6(8)4-2-5/h1-10H,(H2,24,25,26,27);1-4,8H. The molecule has 3 N–H and O–H groups in total. The van der Waals surface area contributed by atoms with E-state index in [0.29, 0.717) is 0 Å². The molecule has 0 fully saturated rings. The average Bonchev–Trinajstić information content (AvgIpc) is 2.83. The van der Waals surface area contributed by atoms with Crippen LogP contribution in [0, 0.1) is 11.6 Å². The molecule has 0 aliphatic heterocycles. The van der Waals surface area contributed by atoms with Gasteiger partial charge in [-0.15, -0.1) is 13.2 Å². The second-order valence-electron chi connectivity index (χ2n) is 7.13. The van der Waals surface area contributed by atoms with Gasteiger partial charge in [-0.1, -0.05) is 0 Å². The Morgan fingerprint density at radius 2 is 1.43 bits per heavy atom. The SMILES string of the molecule is O=C(Nc1cc[nH]c(=O)c1)c1cc(OC(F)(F)F)ccc1Oc1ccc(F)cc1.Oc1ccc(F)cc1. The number of hydrogen-bond donors (Lipinski definition) is 3. The summed E-state index contributed by atoms with van der Waals surface area (Å²) >= 11 is 0. The number of H-pyrrole nitrogens is 1. The molecular formula is C25H17F5N2O5. The number of aromatic hydroxyl groups is 1. The molecule has 4 rings (SSSR count). The van der Waals surface area contributed by atoms with Crippen LogP contribution >= 0.6 is 0 Å². The first-order valence-electron chi connectivity index (χ1n) is 10.3. The highest BCUT2D eigenvalue weighted by Gasteiger charge is 2.31. The maximum atomic E-state index is 13.0. The van der Waals surface area contributed by atoms with Crippen LogP contribution in [0.15, 0.2) is 89.9 Å². The summed E-state index contributed by atoms with van der Waals surface area (Å²) in [4.78, 5) is 26.3. The molecule has 192 valence electrons. The lowest BCUT2D eigenvalue weighted by Gasteiger charge is -2.14. The number of benzene rings is 3. The summed E-state index contributed by atoms with van der Waals surface area (Å²) in [5, 5.41) is 11.0. The van der Waals surface area contributed by atoms with E-state index >= 15 is 0 Å². The van der Waals surface area contributed by atoms with Crippen LogP contribution in [-0.2, 0) is 0 Å². The van der Waals surface area contributed by atoms with Crippen molar-refractivity contribution in [2.75, 3.05) is 5.32 Å². The minimum Gasteiger partial charge on any atom is -0.508 e. The van der Waals surface area contributed by atoms with Crippen LogP contribution in [0.3, 0.4) is 0 Å². The Hall–Kier alpha value is -4.87. The van der Waals surface area contributed by atoms with Gasteiger partial charge in [-0.2, -0.15) is 0 Å². The number of ether oxygens (including phenoxy) is 2. The number of phenolic OH excluding ortho intramolecular Hbond substituents is 1. The van der Waals surface area contributed by atoms with E-state index in [9.17, 15) is 31.5 Å². The molecule has 0 unspecified atom stereocenters. The minimum atomic E-state index is -4.96. The first-order chi connectivity index (χ1) is 17.5. The lowest BCUT2D eigenvalue weighted by Crippen LogP contribution is -2.18. The van der Waals surface area contributed by atoms with Crippen molar-refractivity contribution >= 4 is 11.6 Å². The molecule has 1 aromatic heterocycles. The monoisotopic (exact) mass is 520 g/mol. The van der Waals surface area contributed by atoms with E-state index in [0.717, 1.165) is 36.4 Å². The number of halogens is 5. The van der Waals surface area contributed by atoms with Crippen molar-refractivity contribution in [3.8, 4) is 23.0 Å². The van der Waals surface area contributed by atoms with Crippen LogP contribution < -0.4 is 20.3 Å².